The number of aromatic nitrogens is 5. The zero-order valence-corrected chi connectivity index (χ0v) is 18.8. The number of imidazole rings is 1. The van der Waals surface area contributed by atoms with Gasteiger partial charge >= 0.3 is 0 Å². The van der Waals surface area contributed by atoms with Gasteiger partial charge in [-0.2, -0.15) is 15.1 Å². The molecule has 5 rings (SSSR count). The number of nitrogens with one attached hydrogen (secondary N) is 1. The quantitative estimate of drug-likeness (QED) is 0.257. The summed E-state index contributed by atoms with van der Waals surface area (Å²) in [7, 11) is 0. The van der Waals surface area contributed by atoms with Crippen LogP contribution in [0.25, 0.3) is 11.2 Å². The van der Waals surface area contributed by atoms with Crippen LogP contribution in [0.4, 0.5) is 11.8 Å². The summed E-state index contributed by atoms with van der Waals surface area (Å²) in [6, 6.07) is 11.5. The van der Waals surface area contributed by atoms with E-state index in [1.165, 1.54) is 0 Å². The maximum atomic E-state index is 12.8. The number of nitrogens with zero attached hydrogens (tertiary/aromatic N) is 7. The van der Waals surface area contributed by atoms with Gasteiger partial charge in [0.15, 0.2) is 22.8 Å². The predicted octanol–water partition coefficient (Wildman–Crippen LogP) is 2.70. The molecule has 172 valence electrons. The van der Waals surface area contributed by atoms with E-state index in [2.05, 4.69) is 30.4 Å². The lowest BCUT2D eigenvalue weighted by Crippen LogP contribution is -2.37. The van der Waals surface area contributed by atoms with Gasteiger partial charge in [0.25, 0.3) is 0 Å². The van der Waals surface area contributed by atoms with Crippen LogP contribution in [0.5, 0.6) is 0 Å². The highest BCUT2D eigenvalue weighted by molar-refractivity contribution is 5.96. The number of anilines is 2. The van der Waals surface area contributed by atoms with Crippen molar-refractivity contribution in [2.75, 3.05) is 36.6 Å². The van der Waals surface area contributed by atoms with Gasteiger partial charge in [0, 0.05) is 31.0 Å². The molecular weight excluding hydrogens is 432 g/mol. The minimum absolute atomic E-state index is 0.0779. The van der Waals surface area contributed by atoms with Gasteiger partial charge in [-0.3, -0.25) is 15.2 Å². The molecule has 0 bridgehead atoms. The van der Waals surface area contributed by atoms with E-state index in [0.717, 1.165) is 11.1 Å². The molecule has 1 aliphatic rings. The maximum Gasteiger partial charge on any atom is 0.229 e. The highest BCUT2D eigenvalue weighted by atomic mass is 16.5. The third kappa shape index (κ3) is 4.76. The third-order valence-electron chi connectivity index (χ3n) is 5.47. The molecule has 0 spiro atoms. The molecule has 1 aliphatic heterocycles. The van der Waals surface area contributed by atoms with Crippen molar-refractivity contribution in [3.63, 3.8) is 0 Å². The summed E-state index contributed by atoms with van der Waals surface area (Å²) >= 11 is 0. The Bertz CT molecular complexity index is 1330. The first-order valence-corrected chi connectivity index (χ1v) is 11.0. The number of ketones is 1. The van der Waals surface area contributed by atoms with E-state index in [1.54, 1.807) is 41.6 Å². The van der Waals surface area contributed by atoms with Gasteiger partial charge in [0.1, 0.15) is 0 Å². The molecule has 34 heavy (non-hydrogen) atoms. The minimum Gasteiger partial charge on any atom is -0.378 e. The first kappa shape index (κ1) is 21.7. The van der Waals surface area contributed by atoms with Crippen molar-refractivity contribution in [1.82, 2.24) is 24.5 Å². The van der Waals surface area contributed by atoms with Gasteiger partial charge in [-0.05, 0) is 24.6 Å². The number of carbonyl (C=O) groups excluding carboxylic acids is 1. The third-order valence-corrected chi connectivity index (χ3v) is 5.47. The lowest BCUT2D eigenvalue weighted by molar-refractivity contribution is 0.0973. The number of ether oxygens (including phenoxy) is 1. The van der Waals surface area contributed by atoms with E-state index in [9.17, 15) is 4.79 Å². The molecule has 1 saturated heterocycles. The van der Waals surface area contributed by atoms with Crippen LogP contribution in [0.3, 0.4) is 0 Å². The molecule has 4 aromatic rings. The summed E-state index contributed by atoms with van der Waals surface area (Å²) < 4.78 is 7.20. The normalized spacial score (nSPS) is 14.1. The van der Waals surface area contributed by atoms with Gasteiger partial charge in [-0.15, -0.1) is 0 Å². The Kier molecular flexibility index (Phi) is 6.21. The van der Waals surface area contributed by atoms with Crippen LogP contribution in [0.15, 0.2) is 60.2 Å². The van der Waals surface area contributed by atoms with Crippen LogP contribution in [0.1, 0.15) is 21.5 Å². The van der Waals surface area contributed by atoms with Crippen LogP contribution >= 0.6 is 0 Å². The van der Waals surface area contributed by atoms with Crippen LogP contribution < -0.4 is 10.3 Å². The average molecular weight is 457 g/mol. The summed E-state index contributed by atoms with van der Waals surface area (Å²) in [5.41, 5.74) is 6.78. The van der Waals surface area contributed by atoms with E-state index in [-0.39, 0.29) is 12.3 Å². The van der Waals surface area contributed by atoms with E-state index in [1.807, 2.05) is 31.2 Å². The van der Waals surface area contributed by atoms with Crippen molar-refractivity contribution in [1.29, 1.82) is 0 Å². The smallest absolute Gasteiger partial charge is 0.229 e. The molecule has 0 radical (unpaired) electrons. The Morgan fingerprint density at radius 2 is 2.09 bits per heavy atom. The number of aryl methyl sites for hydroxylation is 1. The summed E-state index contributed by atoms with van der Waals surface area (Å²) in [4.78, 5) is 32.8. The number of benzene rings is 1. The second kappa shape index (κ2) is 9.75. The number of Topliss-reactive ketones (excluding diaryl/α,β-unsaturated/α-hetero) is 1. The van der Waals surface area contributed by atoms with E-state index < -0.39 is 0 Å². The summed E-state index contributed by atoms with van der Waals surface area (Å²) in [5.74, 6) is 0.938. The Balaban J connectivity index is 1.48. The van der Waals surface area contributed by atoms with E-state index in [0.29, 0.717) is 54.8 Å². The molecule has 0 unspecified atom stereocenters. The number of hydrogen-bond acceptors (Lipinski definition) is 9. The van der Waals surface area contributed by atoms with Gasteiger partial charge in [0.2, 0.25) is 5.95 Å². The van der Waals surface area contributed by atoms with Gasteiger partial charge in [-0.1, -0.05) is 29.8 Å². The van der Waals surface area contributed by atoms with E-state index in [4.69, 9.17) is 9.72 Å². The number of hydrazone groups is 1. The number of carbonyl (C=O) groups is 1. The molecular formula is C24H24N8O2. The minimum atomic E-state index is -0.0779. The summed E-state index contributed by atoms with van der Waals surface area (Å²) in [5, 5.41) is 4.37. The lowest BCUT2D eigenvalue weighted by Gasteiger charge is -2.27. The second-order valence-corrected chi connectivity index (χ2v) is 7.97. The predicted molar refractivity (Wildman–Crippen MR) is 129 cm³/mol. The number of morpholine rings is 1. The van der Waals surface area contributed by atoms with Crippen LogP contribution in [0, 0.1) is 6.92 Å². The van der Waals surface area contributed by atoms with Crippen LogP contribution in [-0.4, -0.2) is 62.8 Å². The molecule has 10 nitrogen and oxygen atoms in total. The fourth-order valence-corrected chi connectivity index (χ4v) is 3.72. The first-order valence-electron chi connectivity index (χ1n) is 11.0. The molecule has 0 aliphatic carbocycles. The molecule has 0 saturated carbocycles. The monoisotopic (exact) mass is 456 g/mol. The number of hydrogen-bond donors (Lipinski definition) is 1. The van der Waals surface area contributed by atoms with Crippen molar-refractivity contribution in [3.8, 4) is 0 Å². The molecule has 4 heterocycles. The van der Waals surface area contributed by atoms with Crippen LogP contribution in [-0.2, 0) is 11.3 Å². The molecule has 1 fully saturated rings. The van der Waals surface area contributed by atoms with Crippen molar-refractivity contribution >= 4 is 34.9 Å². The van der Waals surface area contributed by atoms with Crippen LogP contribution in [0.2, 0.25) is 0 Å². The molecule has 1 aromatic carbocycles. The van der Waals surface area contributed by atoms with Gasteiger partial charge in [0.05, 0.1) is 32.3 Å². The largest absolute Gasteiger partial charge is 0.378 e. The Morgan fingerprint density at radius 1 is 1.21 bits per heavy atom. The molecule has 0 amide bonds. The standard InChI is InChI=1S/C24H24N8O2/c1-17-4-2-5-18(12-17)13-27-30-22-21-23(29-24(28-22)31-8-10-34-11-9-31)32(16-26-21)15-20(33)19-6-3-7-25-14-19/h2-7,12-14,16H,8-11,15H2,1H3,(H,28,29,30). The van der Waals surface area contributed by atoms with Crippen molar-refractivity contribution in [2.45, 2.75) is 13.5 Å². The fourth-order valence-electron chi connectivity index (χ4n) is 3.72. The van der Waals surface area contributed by atoms with Crippen molar-refractivity contribution in [2.24, 2.45) is 5.10 Å². The van der Waals surface area contributed by atoms with Crippen molar-refractivity contribution < 1.29 is 9.53 Å². The number of rotatable bonds is 7. The highest BCUT2D eigenvalue weighted by Gasteiger charge is 2.20. The molecule has 10 heteroatoms. The topological polar surface area (TPSA) is 110 Å². The van der Waals surface area contributed by atoms with E-state index >= 15 is 0 Å². The summed E-state index contributed by atoms with van der Waals surface area (Å²) in [6.45, 7) is 4.70. The number of fused-ring (bicyclic) bond motifs is 1. The molecule has 1 N–H and O–H groups in total. The van der Waals surface area contributed by atoms with Gasteiger partial charge < -0.3 is 14.2 Å². The maximum absolute atomic E-state index is 12.8. The Labute approximate surface area is 196 Å². The Morgan fingerprint density at radius 3 is 2.88 bits per heavy atom. The first-order chi connectivity index (χ1) is 16.7. The molecule has 0 atom stereocenters. The summed E-state index contributed by atoms with van der Waals surface area (Å²) in [6.07, 6.45) is 6.54. The highest BCUT2D eigenvalue weighted by Crippen LogP contribution is 2.23. The Hall–Kier alpha value is -4.18. The van der Waals surface area contributed by atoms with Crippen molar-refractivity contribution in [3.05, 3.63) is 71.8 Å². The zero-order chi connectivity index (χ0) is 23.3. The average Bonchev–Trinajstić information content (AvgIpc) is 3.28. The zero-order valence-electron chi connectivity index (χ0n) is 18.8. The lowest BCUT2D eigenvalue weighted by atomic mass is 10.2. The van der Waals surface area contributed by atoms with Gasteiger partial charge in [-0.25, -0.2) is 4.98 Å². The number of pyridine rings is 1. The molecule has 3 aromatic heterocycles. The second-order valence-electron chi connectivity index (χ2n) is 7.97. The SMILES string of the molecule is Cc1cccc(C=NNc2nc(N3CCOCC3)nc3c2ncn3CC(=O)c2cccnc2)c1. The fraction of sp³-hybridized carbons (Fsp3) is 0.250.